The minimum Gasteiger partial charge on any atom is -0.398 e. The maximum absolute atomic E-state index is 13.0. The molecule has 0 spiro atoms. The highest BCUT2D eigenvalue weighted by atomic mass is 19.1. The van der Waals surface area contributed by atoms with Gasteiger partial charge in [-0.05, 0) is 44.6 Å². The minimum atomic E-state index is -0.440. The van der Waals surface area contributed by atoms with Crippen LogP contribution in [0, 0.1) is 11.7 Å². The lowest BCUT2D eigenvalue weighted by Crippen LogP contribution is -2.41. The largest absolute Gasteiger partial charge is 0.398 e. The van der Waals surface area contributed by atoms with E-state index in [1.54, 1.807) is 0 Å². The molecule has 3 N–H and O–H groups in total. The lowest BCUT2D eigenvalue weighted by Gasteiger charge is -2.26. The van der Waals surface area contributed by atoms with Gasteiger partial charge in [-0.25, -0.2) is 4.39 Å². The van der Waals surface area contributed by atoms with Gasteiger partial charge in [-0.1, -0.05) is 13.8 Å². The number of hydrogen-bond acceptors (Lipinski definition) is 3. The maximum Gasteiger partial charge on any atom is 0.253 e. The molecule has 1 aromatic carbocycles. The number of nitrogen functional groups attached to an aromatic ring is 1. The van der Waals surface area contributed by atoms with Gasteiger partial charge >= 0.3 is 0 Å². The summed E-state index contributed by atoms with van der Waals surface area (Å²) >= 11 is 0. The standard InChI is InChI=1S/C15H24FN3O/c1-10(2)7-12(19(3)4)9-18-15(20)13-6-5-11(16)8-14(13)17/h5-6,8,10,12H,7,9,17H2,1-4H3,(H,18,20). The molecule has 0 aliphatic rings. The second kappa shape index (κ2) is 7.24. The third kappa shape index (κ3) is 4.81. The van der Waals surface area contributed by atoms with Gasteiger partial charge in [0, 0.05) is 18.3 Å². The molecule has 0 bridgehead atoms. The Morgan fingerprint density at radius 2 is 2.05 bits per heavy atom. The normalized spacial score (nSPS) is 12.8. The zero-order chi connectivity index (χ0) is 15.3. The monoisotopic (exact) mass is 281 g/mol. The third-order valence-corrected chi connectivity index (χ3v) is 3.23. The number of carbonyl (C=O) groups excluding carboxylic acids is 1. The molecule has 0 aromatic heterocycles. The van der Waals surface area contributed by atoms with Gasteiger partial charge in [0.05, 0.1) is 5.56 Å². The first kappa shape index (κ1) is 16.4. The van der Waals surface area contributed by atoms with E-state index >= 15 is 0 Å². The number of likely N-dealkylation sites (N-methyl/N-ethyl adjacent to an activating group) is 1. The third-order valence-electron chi connectivity index (χ3n) is 3.23. The van der Waals surface area contributed by atoms with Crippen molar-refractivity contribution in [1.29, 1.82) is 0 Å². The average molecular weight is 281 g/mol. The lowest BCUT2D eigenvalue weighted by molar-refractivity contribution is 0.0939. The van der Waals surface area contributed by atoms with Crippen molar-refractivity contribution < 1.29 is 9.18 Å². The quantitative estimate of drug-likeness (QED) is 0.785. The van der Waals surface area contributed by atoms with Crippen molar-refractivity contribution in [2.45, 2.75) is 26.3 Å². The van der Waals surface area contributed by atoms with Gasteiger partial charge in [0.1, 0.15) is 5.82 Å². The molecule has 1 atom stereocenters. The van der Waals surface area contributed by atoms with E-state index in [0.29, 0.717) is 18.0 Å². The molecule has 0 saturated heterocycles. The van der Waals surface area contributed by atoms with E-state index in [1.807, 2.05) is 14.1 Å². The minimum absolute atomic E-state index is 0.160. The second-order valence-electron chi connectivity index (χ2n) is 5.69. The van der Waals surface area contributed by atoms with Crippen LogP contribution in [0.1, 0.15) is 30.6 Å². The molecule has 0 aliphatic carbocycles. The molecule has 4 nitrogen and oxygen atoms in total. The summed E-state index contributed by atoms with van der Waals surface area (Å²) in [6.07, 6.45) is 0.992. The summed E-state index contributed by atoms with van der Waals surface area (Å²) in [7, 11) is 3.98. The molecular formula is C15H24FN3O. The highest BCUT2D eigenvalue weighted by Gasteiger charge is 2.16. The Bertz CT molecular complexity index is 460. The van der Waals surface area contributed by atoms with Crippen LogP contribution in [0.25, 0.3) is 0 Å². The van der Waals surface area contributed by atoms with Gasteiger partial charge in [0.25, 0.3) is 5.91 Å². The second-order valence-corrected chi connectivity index (χ2v) is 5.69. The van der Waals surface area contributed by atoms with Crippen molar-refractivity contribution in [2.24, 2.45) is 5.92 Å². The van der Waals surface area contributed by atoms with Gasteiger partial charge < -0.3 is 16.0 Å². The van der Waals surface area contributed by atoms with Crippen molar-refractivity contribution in [2.75, 3.05) is 26.4 Å². The number of nitrogens with one attached hydrogen (secondary N) is 1. The molecule has 0 radical (unpaired) electrons. The summed E-state index contributed by atoms with van der Waals surface area (Å²) in [4.78, 5) is 14.1. The molecule has 0 fully saturated rings. The summed E-state index contributed by atoms with van der Waals surface area (Å²) in [5.41, 5.74) is 6.13. The molecule has 20 heavy (non-hydrogen) atoms. The van der Waals surface area contributed by atoms with E-state index in [2.05, 4.69) is 24.1 Å². The number of nitrogens with two attached hydrogens (primary N) is 1. The fraction of sp³-hybridized carbons (Fsp3) is 0.533. The molecule has 112 valence electrons. The first-order valence-corrected chi connectivity index (χ1v) is 6.81. The molecule has 1 amide bonds. The molecule has 0 saturated carbocycles. The van der Waals surface area contributed by atoms with E-state index in [1.165, 1.54) is 12.1 Å². The first-order valence-electron chi connectivity index (χ1n) is 6.81. The lowest BCUT2D eigenvalue weighted by atomic mass is 10.0. The number of amides is 1. The van der Waals surface area contributed by atoms with Crippen LogP contribution < -0.4 is 11.1 Å². The van der Waals surface area contributed by atoms with Gasteiger partial charge in [-0.2, -0.15) is 0 Å². The predicted octanol–water partition coefficient (Wildman–Crippen LogP) is 2.11. The zero-order valence-electron chi connectivity index (χ0n) is 12.6. The van der Waals surface area contributed by atoms with Crippen molar-refractivity contribution >= 4 is 11.6 Å². The van der Waals surface area contributed by atoms with Gasteiger partial charge in [-0.3, -0.25) is 4.79 Å². The number of hydrogen-bond donors (Lipinski definition) is 2. The van der Waals surface area contributed by atoms with E-state index in [0.717, 1.165) is 12.5 Å². The summed E-state index contributed by atoms with van der Waals surface area (Å²) in [5.74, 6) is -0.154. The number of rotatable bonds is 6. The smallest absolute Gasteiger partial charge is 0.253 e. The van der Waals surface area contributed by atoms with Crippen LogP contribution in [0.15, 0.2) is 18.2 Å². The van der Waals surface area contributed by atoms with Gasteiger partial charge in [-0.15, -0.1) is 0 Å². The van der Waals surface area contributed by atoms with Crippen molar-refractivity contribution in [3.05, 3.63) is 29.6 Å². The van der Waals surface area contributed by atoms with Crippen LogP contribution in [-0.2, 0) is 0 Å². The number of nitrogens with zero attached hydrogens (tertiary/aromatic N) is 1. The maximum atomic E-state index is 13.0. The summed E-state index contributed by atoms with van der Waals surface area (Å²) in [6.45, 7) is 4.84. The van der Waals surface area contributed by atoms with Crippen LogP contribution in [-0.4, -0.2) is 37.5 Å². The molecular weight excluding hydrogens is 257 g/mol. The van der Waals surface area contributed by atoms with Crippen LogP contribution in [0.4, 0.5) is 10.1 Å². The Hall–Kier alpha value is -1.62. The molecule has 1 rings (SSSR count). The van der Waals surface area contributed by atoms with Gasteiger partial charge in [0.15, 0.2) is 0 Å². The average Bonchev–Trinajstić information content (AvgIpc) is 2.33. The first-order chi connectivity index (χ1) is 9.31. The fourth-order valence-electron chi connectivity index (χ4n) is 2.07. The summed E-state index contributed by atoms with van der Waals surface area (Å²) in [5, 5.41) is 2.86. The van der Waals surface area contributed by atoms with Crippen LogP contribution in [0.2, 0.25) is 0 Å². The Kier molecular flexibility index (Phi) is 5.95. The Morgan fingerprint density at radius 1 is 1.40 bits per heavy atom. The zero-order valence-corrected chi connectivity index (χ0v) is 12.6. The number of anilines is 1. The summed E-state index contributed by atoms with van der Waals surface area (Å²) in [6, 6.07) is 4.07. The van der Waals surface area contributed by atoms with Crippen molar-refractivity contribution in [3.8, 4) is 0 Å². The van der Waals surface area contributed by atoms with E-state index in [9.17, 15) is 9.18 Å². The Balaban J connectivity index is 2.65. The van der Waals surface area contributed by atoms with E-state index in [-0.39, 0.29) is 17.6 Å². The molecule has 1 unspecified atom stereocenters. The Labute approximate surface area is 120 Å². The van der Waals surface area contributed by atoms with Crippen LogP contribution >= 0.6 is 0 Å². The van der Waals surface area contributed by atoms with Crippen molar-refractivity contribution in [3.63, 3.8) is 0 Å². The predicted molar refractivity (Wildman–Crippen MR) is 80.1 cm³/mol. The summed E-state index contributed by atoms with van der Waals surface area (Å²) < 4.78 is 13.0. The highest BCUT2D eigenvalue weighted by molar-refractivity contribution is 5.99. The number of carbonyl (C=O) groups is 1. The highest BCUT2D eigenvalue weighted by Crippen LogP contribution is 2.14. The fourth-order valence-corrected chi connectivity index (χ4v) is 2.07. The molecule has 0 heterocycles. The van der Waals surface area contributed by atoms with E-state index < -0.39 is 5.82 Å². The molecule has 1 aromatic rings. The number of halogens is 1. The van der Waals surface area contributed by atoms with Crippen LogP contribution in [0.5, 0.6) is 0 Å². The SMILES string of the molecule is CC(C)CC(CNC(=O)c1ccc(F)cc1N)N(C)C. The molecule has 0 aliphatic heterocycles. The van der Waals surface area contributed by atoms with Gasteiger partial charge in [0.2, 0.25) is 0 Å². The van der Waals surface area contributed by atoms with Crippen LogP contribution in [0.3, 0.4) is 0 Å². The van der Waals surface area contributed by atoms with Crippen molar-refractivity contribution in [1.82, 2.24) is 10.2 Å². The topological polar surface area (TPSA) is 58.4 Å². The van der Waals surface area contributed by atoms with E-state index in [4.69, 9.17) is 5.73 Å². The molecule has 5 heteroatoms. The number of benzene rings is 1. The Morgan fingerprint density at radius 3 is 2.55 bits per heavy atom.